The molecular weight excluding hydrogens is 116 g/mol. The fraction of sp³-hybridized carbons (Fsp3) is 0.833. The molecule has 0 fully saturated rings. The number of methoxy groups -OCH3 is 1. The van der Waals surface area contributed by atoms with Crippen LogP contribution in [0.1, 0.15) is 13.8 Å². The molecule has 54 valence electrons. The molecular formula is C6H14N2O. The zero-order valence-electron chi connectivity index (χ0n) is 6.43. The molecule has 0 unspecified atom stereocenters. The average molecular weight is 130 g/mol. The van der Waals surface area contributed by atoms with Gasteiger partial charge in [-0.15, -0.1) is 0 Å². The summed E-state index contributed by atoms with van der Waals surface area (Å²) in [5.41, 5.74) is 0. The van der Waals surface area contributed by atoms with E-state index in [4.69, 9.17) is 4.74 Å². The van der Waals surface area contributed by atoms with Crippen molar-refractivity contribution in [1.82, 2.24) is 5.32 Å². The highest BCUT2D eigenvalue weighted by molar-refractivity contribution is 5.73. The minimum atomic E-state index is 0.378. The first-order valence-corrected chi connectivity index (χ1v) is 2.98. The van der Waals surface area contributed by atoms with Crippen LogP contribution in [0.4, 0.5) is 0 Å². The summed E-state index contributed by atoms with van der Waals surface area (Å²) in [6.07, 6.45) is 0. The summed E-state index contributed by atoms with van der Waals surface area (Å²) in [6, 6.07) is 0.966. The Morgan fingerprint density at radius 1 is 1.56 bits per heavy atom. The van der Waals surface area contributed by atoms with Crippen LogP contribution in [0, 0.1) is 0 Å². The molecule has 0 radical (unpaired) electrons. The van der Waals surface area contributed by atoms with E-state index in [0.717, 1.165) is 0 Å². The quantitative estimate of drug-likeness (QED) is 0.417. The van der Waals surface area contributed by atoms with Gasteiger partial charge in [-0.1, -0.05) is 0 Å². The molecule has 0 amide bonds. The first-order chi connectivity index (χ1) is 4.20. The molecule has 0 saturated heterocycles. The van der Waals surface area contributed by atoms with Gasteiger partial charge in [-0.3, -0.25) is 0 Å². The standard InChI is InChI=1S/C6H14N2O/c1-5(2)8-6(7-3)9-4/h5H,1-4H3,(H,7,8). The van der Waals surface area contributed by atoms with Gasteiger partial charge in [0.15, 0.2) is 0 Å². The predicted octanol–water partition coefficient (Wildman–Crippen LogP) is 0.617. The number of amidine groups is 1. The van der Waals surface area contributed by atoms with Gasteiger partial charge in [-0.2, -0.15) is 0 Å². The SMILES string of the molecule is C/N=C(\NC(C)C)OC. The molecule has 0 aromatic heterocycles. The maximum atomic E-state index is 4.85. The Morgan fingerprint density at radius 2 is 2.11 bits per heavy atom. The van der Waals surface area contributed by atoms with Gasteiger partial charge in [0.05, 0.1) is 7.11 Å². The van der Waals surface area contributed by atoms with Crippen molar-refractivity contribution in [2.45, 2.75) is 19.9 Å². The van der Waals surface area contributed by atoms with E-state index in [1.54, 1.807) is 14.2 Å². The van der Waals surface area contributed by atoms with E-state index in [1.165, 1.54) is 0 Å². The van der Waals surface area contributed by atoms with E-state index >= 15 is 0 Å². The number of aliphatic imine (C=N–C) groups is 1. The fourth-order valence-corrected chi connectivity index (χ4v) is 0.462. The van der Waals surface area contributed by atoms with Crippen LogP contribution in [0.5, 0.6) is 0 Å². The van der Waals surface area contributed by atoms with Gasteiger partial charge in [0.2, 0.25) is 0 Å². The van der Waals surface area contributed by atoms with Gasteiger partial charge in [-0.25, -0.2) is 4.99 Å². The van der Waals surface area contributed by atoms with Crippen molar-refractivity contribution < 1.29 is 4.74 Å². The zero-order chi connectivity index (χ0) is 7.28. The summed E-state index contributed by atoms with van der Waals surface area (Å²) in [6.45, 7) is 4.06. The first-order valence-electron chi connectivity index (χ1n) is 2.98. The first kappa shape index (κ1) is 8.27. The summed E-state index contributed by atoms with van der Waals surface area (Å²) in [5.74, 6) is 0. The number of nitrogens with one attached hydrogen (secondary N) is 1. The van der Waals surface area contributed by atoms with Crippen LogP contribution in [0.3, 0.4) is 0 Å². The Hall–Kier alpha value is -0.730. The lowest BCUT2D eigenvalue weighted by molar-refractivity contribution is 0.373. The highest BCUT2D eigenvalue weighted by Crippen LogP contribution is 1.78. The number of hydrogen-bond acceptors (Lipinski definition) is 2. The van der Waals surface area contributed by atoms with Crippen LogP contribution >= 0.6 is 0 Å². The van der Waals surface area contributed by atoms with Crippen molar-refractivity contribution in [3.8, 4) is 0 Å². The van der Waals surface area contributed by atoms with Crippen molar-refractivity contribution in [1.29, 1.82) is 0 Å². The molecule has 1 N–H and O–H groups in total. The fourth-order valence-electron chi connectivity index (χ4n) is 0.462. The van der Waals surface area contributed by atoms with Gasteiger partial charge in [0.1, 0.15) is 0 Å². The van der Waals surface area contributed by atoms with Crippen LogP contribution in [0.25, 0.3) is 0 Å². The normalized spacial score (nSPS) is 11.9. The van der Waals surface area contributed by atoms with Crippen molar-refractivity contribution in [2.75, 3.05) is 14.2 Å². The average Bonchev–Trinajstić information content (AvgIpc) is 1.82. The van der Waals surface area contributed by atoms with E-state index < -0.39 is 0 Å². The summed E-state index contributed by atoms with van der Waals surface area (Å²) >= 11 is 0. The summed E-state index contributed by atoms with van der Waals surface area (Å²) < 4.78 is 4.85. The molecule has 0 heterocycles. The second-order valence-electron chi connectivity index (χ2n) is 2.03. The van der Waals surface area contributed by atoms with Gasteiger partial charge >= 0.3 is 0 Å². The molecule has 3 heteroatoms. The molecule has 0 aromatic carbocycles. The third-order valence-electron chi connectivity index (χ3n) is 0.809. The molecule has 0 aromatic rings. The lowest BCUT2D eigenvalue weighted by Crippen LogP contribution is -2.31. The van der Waals surface area contributed by atoms with E-state index in [0.29, 0.717) is 12.1 Å². The Morgan fingerprint density at radius 3 is 2.22 bits per heavy atom. The molecule has 0 atom stereocenters. The predicted molar refractivity (Wildman–Crippen MR) is 38.6 cm³/mol. The van der Waals surface area contributed by atoms with Crippen LogP contribution < -0.4 is 5.32 Å². The Labute approximate surface area is 56.1 Å². The van der Waals surface area contributed by atoms with E-state index in [2.05, 4.69) is 10.3 Å². The largest absolute Gasteiger partial charge is 0.469 e. The molecule has 0 rings (SSSR count). The number of hydrogen-bond donors (Lipinski definition) is 1. The van der Waals surface area contributed by atoms with Crippen LogP contribution in [-0.2, 0) is 4.74 Å². The van der Waals surface area contributed by atoms with Crippen molar-refractivity contribution in [3.05, 3.63) is 0 Å². The maximum absolute atomic E-state index is 4.85. The Bertz CT molecular complexity index is 99.2. The Kier molecular flexibility index (Phi) is 3.84. The molecule has 0 saturated carbocycles. The summed E-state index contributed by atoms with van der Waals surface area (Å²) in [7, 11) is 3.28. The topological polar surface area (TPSA) is 33.6 Å². The van der Waals surface area contributed by atoms with Gasteiger partial charge < -0.3 is 10.1 Å². The number of ether oxygens (including phenoxy) is 1. The zero-order valence-corrected chi connectivity index (χ0v) is 6.43. The molecule has 3 nitrogen and oxygen atoms in total. The van der Waals surface area contributed by atoms with Crippen LogP contribution in [-0.4, -0.2) is 26.2 Å². The van der Waals surface area contributed by atoms with E-state index in [1.807, 2.05) is 13.8 Å². The minimum absolute atomic E-state index is 0.378. The van der Waals surface area contributed by atoms with Crippen LogP contribution in [0.2, 0.25) is 0 Å². The second kappa shape index (κ2) is 4.18. The van der Waals surface area contributed by atoms with Gasteiger partial charge in [-0.05, 0) is 13.8 Å². The highest BCUT2D eigenvalue weighted by atomic mass is 16.5. The Balaban J connectivity index is 3.58. The number of nitrogens with zero attached hydrogens (tertiary/aromatic N) is 1. The monoisotopic (exact) mass is 130 g/mol. The summed E-state index contributed by atoms with van der Waals surface area (Å²) in [5, 5.41) is 3.01. The molecule has 0 aliphatic rings. The smallest absolute Gasteiger partial charge is 0.284 e. The molecule has 0 aliphatic heterocycles. The van der Waals surface area contributed by atoms with E-state index in [-0.39, 0.29) is 0 Å². The minimum Gasteiger partial charge on any atom is -0.469 e. The van der Waals surface area contributed by atoms with Gasteiger partial charge in [0.25, 0.3) is 6.02 Å². The maximum Gasteiger partial charge on any atom is 0.284 e. The van der Waals surface area contributed by atoms with Crippen molar-refractivity contribution in [2.24, 2.45) is 4.99 Å². The second-order valence-corrected chi connectivity index (χ2v) is 2.03. The molecule has 0 bridgehead atoms. The van der Waals surface area contributed by atoms with Crippen molar-refractivity contribution >= 4 is 6.02 Å². The third kappa shape index (κ3) is 3.82. The highest BCUT2D eigenvalue weighted by Gasteiger charge is 1.95. The van der Waals surface area contributed by atoms with Gasteiger partial charge in [0, 0.05) is 13.1 Å². The lowest BCUT2D eigenvalue weighted by atomic mass is 10.4. The number of rotatable bonds is 1. The van der Waals surface area contributed by atoms with Crippen molar-refractivity contribution in [3.63, 3.8) is 0 Å². The van der Waals surface area contributed by atoms with Crippen LogP contribution in [0.15, 0.2) is 4.99 Å². The lowest BCUT2D eigenvalue weighted by Gasteiger charge is -2.09. The van der Waals surface area contributed by atoms with E-state index in [9.17, 15) is 0 Å². The molecule has 9 heavy (non-hydrogen) atoms. The third-order valence-corrected chi connectivity index (χ3v) is 0.809. The molecule has 0 spiro atoms. The molecule has 0 aliphatic carbocycles. The summed E-state index contributed by atoms with van der Waals surface area (Å²) in [4.78, 5) is 3.83.